The minimum Gasteiger partial charge on any atom is -0.497 e. The van der Waals surface area contributed by atoms with E-state index in [-0.39, 0.29) is 5.92 Å². The smallest absolute Gasteiger partial charge is 0.122 e. The van der Waals surface area contributed by atoms with Crippen molar-refractivity contribution in [3.63, 3.8) is 0 Å². The molecule has 0 spiro atoms. The first-order valence-electron chi connectivity index (χ1n) is 10.7. The van der Waals surface area contributed by atoms with Crippen molar-refractivity contribution in [1.82, 2.24) is 5.32 Å². The van der Waals surface area contributed by atoms with Gasteiger partial charge in [0.15, 0.2) is 0 Å². The molecule has 2 aromatic rings. The highest BCUT2D eigenvalue weighted by Crippen LogP contribution is 2.38. The third-order valence-corrected chi connectivity index (χ3v) is 6.51. The number of methoxy groups -OCH3 is 2. The molecule has 0 saturated carbocycles. The molecule has 0 aromatic heterocycles. The van der Waals surface area contributed by atoms with Crippen LogP contribution in [0, 0.1) is 17.2 Å². The van der Waals surface area contributed by atoms with Gasteiger partial charge in [0.1, 0.15) is 11.5 Å². The van der Waals surface area contributed by atoms with Crippen LogP contribution in [0.4, 0.5) is 0 Å². The Balaban J connectivity index is 1.85. The van der Waals surface area contributed by atoms with E-state index in [0.29, 0.717) is 10.0 Å². The average Bonchev–Trinajstić information content (AvgIpc) is 2.77. The lowest BCUT2D eigenvalue weighted by Crippen LogP contribution is -2.32. The first-order valence-corrected chi connectivity index (χ1v) is 11.4. The second-order valence-electron chi connectivity index (χ2n) is 8.04. The van der Waals surface area contributed by atoms with E-state index >= 15 is 0 Å². The summed E-state index contributed by atoms with van der Waals surface area (Å²) >= 11 is 12.3. The van der Waals surface area contributed by atoms with Gasteiger partial charge in [0, 0.05) is 6.07 Å². The van der Waals surface area contributed by atoms with Crippen LogP contribution in [0.25, 0.3) is 0 Å². The molecule has 0 aliphatic heterocycles. The monoisotopic (exact) mass is 462 g/mol. The van der Waals surface area contributed by atoms with Gasteiger partial charge in [0.2, 0.25) is 0 Å². The third-order valence-electron chi connectivity index (χ3n) is 5.77. The van der Waals surface area contributed by atoms with E-state index in [0.717, 1.165) is 55.8 Å². The number of hydrogen-bond donors (Lipinski definition) is 1. The van der Waals surface area contributed by atoms with Crippen molar-refractivity contribution in [1.29, 1.82) is 5.26 Å². The Morgan fingerprint density at radius 3 is 2.16 bits per heavy atom. The summed E-state index contributed by atoms with van der Waals surface area (Å²) in [6.45, 7) is 5.94. The normalized spacial score (nSPS) is 13.0. The predicted molar refractivity (Wildman–Crippen MR) is 129 cm³/mol. The van der Waals surface area contributed by atoms with Gasteiger partial charge in [-0.05, 0) is 80.1 Å². The maximum atomic E-state index is 10.0. The fraction of sp³-hybridized carbons (Fsp3) is 0.480. The van der Waals surface area contributed by atoms with Crippen molar-refractivity contribution in [2.75, 3.05) is 27.3 Å². The first-order chi connectivity index (χ1) is 14.9. The maximum Gasteiger partial charge on any atom is 0.122 e. The lowest BCUT2D eigenvalue weighted by atomic mass is 9.70. The Morgan fingerprint density at radius 2 is 1.61 bits per heavy atom. The number of halogens is 2. The van der Waals surface area contributed by atoms with Crippen LogP contribution >= 0.6 is 23.2 Å². The number of aryl methyl sites for hydroxylation is 1. The van der Waals surface area contributed by atoms with E-state index in [1.54, 1.807) is 20.3 Å². The van der Waals surface area contributed by atoms with Crippen LogP contribution in [0.15, 0.2) is 36.4 Å². The zero-order valence-corrected chi connectivity index (χ0v) is 20.3. The number of hydrogen-bond acceptors (Lipinski definition) is 4. The molecule has 0 radical (unpaired) electrons. The van der Waals surface area contributed by atoms with Gasteiger partial charge in [0.05, 0.1) is 35.7 Å². The Labute approximate surface area is 196 Å². The fourth-order valence-corrected chi connectivity index (χ4v) is 4.13. The number of nitrogens with one attached hydrogen (secondary N) is 1. The highest BCUT2D eigenvalue weighted by molar-refractivity contribution is 6.42. The SMILES string of the molecule is COc1cc(CCCNCCCC(C#N)(c2ccc(Cl)c(Cl)c2)C(C)C)cc(OC)c1. The molecule has 1 unspecified atom stereocenters. The average molecular weight is 463 g/mol. The molecule has 31 heavy (non-hydrogen) atoms. The van der Waals surface area contributed by atoms with Gasteiger partial charge in [0.25, 0.3) is 0 Å². The zero-order valence-electron chi connectivity index (χ0n) is 18.8. The minimum absolute atomic E-state index is 0.165. The van der Waals surface area contributed by atoms with E-state index in [1.807, 2.05) is 30.3 Å². The molecule has 0 bridgehead atoms. The summed E-state index contributed by atoms with van der Waals surface area (Å²) < 4.78 is 10.7. The molecule has 6 heteroatoms. The lowest BCUT2D eigenvalue weighted by molar-refractivity contribution is 0.356. The van der Waals surface area contributed by atoms with Gasteiger partial charge in [-0.25, -0.2) is 0 Å². The van der Waals surface area contributed by atoms with Crippen molar-refractivity contribution in [2.45, 2.75) is 44.9 Å². The summed E-state index contributed by atoms with van der Waals surface area (Å²) in [6.07, 6.45) is 3.62. The largest absolute Gasteiger partial charge is 0.497 e. The molecule has 2 rings (SSSR count). The van der Waals surface area contributed by atoms with E-state index in [2.05, 4.69) is 25.2 Å². The van der Waals surface area contributed by atoms with E-state index in [4.69, 9.17) is 32.7 Å². The van der Waals surface area contributed by atoms with Crippen molar-refractivity contribution in [3.05, 3.63) is 57.6 Å². The van der Waals surface area contributed by atoms with E-state index in [9.17, 15) is 5.26 Å². The Morgan fingerprint density at radius 1 is 0.968 bits per heavy atom. The fourth-order valence-electron chi connectivity index (χ4n) is 3.83. The second-order valence-corrected chi connectivity index (χ2v) is 8.86. The maximum absolute atomic E-state index is 10.0. The molecule has 0 amide bonds. The molecule has 1 atom stereocenters. The first kappa shape index (κ1) is 25.3. The van der Waals surface area contributed by atoms with Crippen LogP contribution in [-0.4, -0.2) is 27.3 Å². The van der Waals surface area contributed by atoms with Crippen molar-refractivity contribution in [3.8, 4) is 17.6 Å². The minimum atomic E-state index is -0.576. The highest BCUT2D eigenvalue weighted by atomic mass is 35.5. The second kappa shape index (κ2) is 12.2. The van der Waals surface area contributed by atoms with Crippen molar-refractivity contribution in [2.24, 2.45) is 5.92 Å². The topological polar surface area (TPSA) is 54.3 Å². The van der Waals surface area contributed by atoms with Gasteiger partial charge in [-0.15, -0.1) is 0 Å². The molecular weight excluding hydrogens is 431 g/mol. The molecular formula is C25H32Cl2N2O2. The molecule has 168 valence electrons. The van der Waals surface area contributed by atoms with Crippen molar-refractivity contribution < 1.29 is 9.47 Å². The number of nitriles is 1. The van der Waals surface area contributed by atoms with Crippen molar-refractivity contribution >= 4 is 23.2 Å². The summed E-state index contributed by atoms with van der Waals surface area (Å²) in [5, 5.41) is 14.6. The third kappa shape index (κ3) is 6.77. The molecule has 1 N–H and O–H groups in total. The number of ether oxygens (including phenoxy) is 2. The van der Waals surface area contributed by atoms with Crippen LogP contribution in [0.1, 0.15) is 44.2 Å². The van der Waals surface area contributed by atoms with E-state index < -0.39 is 5.41 Å². The predicted octanol–water partition coefficient (Wildman–Crippen LogP) is 6.43. The number of nitrogens with zero attached hydrogens (tertiary/aromatic N) is 1. The molecule has 4 nitrogen and oxygen atoms in total. The summed E-state index contributed by atoms with van der Waals surface area (Å²) in [5.41, 5.74) is 1.56. The molecule has 2 aromatic carbocycles. The van der Waals surface area contributed by atoms with Crippen LogP contribution < -0.4 is 14.8 Å². The number of benzene rings is 2. The van der Waals surface area contributed by atoms with Gasteiger partial charge in [-0.2, -0.15) is 5.26 Å². The Bertz CT molecular complexity index is 873. The quantitative estimate of drug-likeness (QED) is 0.369. The summed E-state index contributed by atoms with van der Waals surface area (Å²) in [6, 6.07) is 14.1. The van der Waals surface area contributed by atoms with Gasteiger partial charge >= 0.3 is 0 Å². The van der Waals surface area contributed by atoms with Crippen LogP contribution in [0.3, 0.4) is 0 Å². The van der Waals surface area contributed by atoms with Gasteiger partial charge in [-0.1, -0.05) is 43.1 Å². The molecule has 0 heterocycles. The summed E-state index contributed by atoms with van der Waals surface area (Å²) in [7, 11) is 3.33. The number of rotatable bonds is 12. The van der Waals surface area contributed by atoms with Crippen LogP contribution in [0.5, 0.6) is 11.5 Å². The highest BCUT2D eigenvalue weighted by Gasteiger charge is 2.35. The molecule has 0 aliphatic rings. The van der Waals surface area contributed by atoms with E-state index in [1.165, 1.54) is 5.56 Å². The molecule has 0 saturated heterocycles. The zero-order chi connectivity index (χ0) is 22.9. The standard InChI is InChI=1S/C25H32Cl2N2O2/c1-18(2)25(17-28,20-8-9-23(26)24(27)15-20)10-6-12-29-11-5-7-19-13-21(30-3)16-22(14-19)31-4/h8-9,13-16,18,29H,5-7,10-12H2,1-4H3. The van der Waals surface area contributed by atoms with Gasteiger partial charge in [-0.3, -0.25) is 0 Å². The molecule has 0 aliphatic carbocycles. The van der Waals surface area contributed by atoms with Crippen LogP contribution in [-0.2, 0) is 11.8 Å². The summed E-state index contributed by atoms with van der Waals surface area (Å²) in [5.74, 6) is 1.79. The Hall–Kier alpha value is -1.93. The van der Waals surface area contributed by atoms with Gasteiger partial charge < -0.3 is 14.8 Å². The summed E-state index contributed by atoms with van der Waals surface area (Å²) in [4.78, 5) is 0. The lowest BCUT2D eigenvalue weighted by Gasteiger charge is -2.31. The molecule has 0 fully saturated rings. The van der Waals surface area contributed by atoms with Crippen LogP contribution in [0.2, 0.25) is 10.0 Å². The Kier molecular flexibility index (Phi) is 9.96.